The van der Waals surface area contributed by atoms with Gasteiger partial charge in [0.25, 0.3) is 11.8 Å². The Balaban J connectivity index is 1.35. The Morgan fingerprint density at radius 2 is 1.76 bits per heavy atom. The first-order chi connectivity index (χ1) is 14.0. The van der Waals surface area contributed by atoms with E-state index in [0.717, 1.165) is 16.9 Å². The number of benzene rings is 1. The van der Waals surface area contributed by atoms with Crippen LogP contribution < -0.4 is 4.90 Å². The zero-order valence-electron chi connectivity index (χ0n) is 17.5. The number of carbonyl (C=O) groups is 2. The van der Waals surface area contributed by atoms with Crippen LogP contribution in [0, 0.1) is 17.8 Å². The Bertz CT molecular complexity index is 709. The number of hydrogen-bond donors (Lipinski definition) is 0. The van der Waals surface area contributed by atoms with Crippen LogP contribution in [-0.4, -0.2) is 31.3 Å². The summed E-state index contributed by atoms with van der Waals surface area (Å²) in [7, 11) is 0. The number of hydrogen-bond acceptors (Lipinski definition) is 5. The number of nitrogens with zero attached hydrogens (tertiary/aromatic N) is 1. The molecular formula is C23H31NO5. The van der Waals surface area contributed by atoms with Gasteiger partial charge in [0.15, 0.2) is 6.79 Å². The van der Waals surface area contributed by atoms with Gasteiger partial charge in [0.2, 0.25) is 0 Å². The van der Waals surface area contributed by atoms with E-state index in [-0.39, 0.29) is 24.7 Å². The predicted octanol–water partition coefficient (Wildman–Crippen LogP) is 4.04. The van der Waals surface area contributed by atoms with E-state index < -0.39 is 0 Å². The lowest BCUT2D eigenvalue weighted by molar-refractivity contribution is -0.374. The largest absolute Gasteiger partial charge is 0.352 e. The van der Waals surface area contributed by atoms with Crippen molar-refractivity contribution in [2.24, 2.45) is 17.8 Å². The van der Waals surface area contributed by atoms with Crippen molar-refractivity contribution >= 4 is 17.5 Å². The van der Waals surface area contributed by atoms with Gasteiger partial charge in [-0.15, -0.1) is 0 Å². The van der Waals surface area contributed by atoms with Crippen molar-refractivity contribution in [3.05, 3.63) is 42.0 Å². The summed E-state index contributed by atoms with van der Waals surface area (Å²) in [4.78, 5) is 35.6. The van der Waals surface area contributed by atoms with E-state index in [4.69, 9.17) is 14.5 Å². The minimum atomic E-state index is -0.310. The summed E-state index contributed by atoms with van der Waals surface area (Å²) in [5.41, 5.74) is 1.63. The highest BCUT2D eigenvalue weighted by molar-refractivity contribution is 6.28. The van der Waals surface area contributed by atoms with Crippen LogP contribution in [0.5, 0.6) is 0 Å². The maximum absolute atomic E-state index is 11.7. The molecule has 0 radical (unpaired) electrons. The fourth-order valence-electron chi connectivity index (χ4n) is 4.09. The van der Waals surface area contributed by atoms with Crippen LogP contribution in [-0.2, 0) is 30.5 Å². The molecule has 2 aliphatic rings. The van der Waals surface area contributed by atoms with Crippen molar-refractivity contribution in [3.8, 4) is 0 Å². The monoisotopic (exact) mass is 401 g/mol. The lowest BCUT2D eigenvalue weighted by atomic mass is 9.75. The summed E-state index contributed by atoms with van der Waals surface area (Å²) >= 11 is 0. The molecule has 0 N–H and O–H groups in total. The molecule has 1 saturated carbocycles. The van der Waals surface area contributed by atoms with E-state index in [2.05, 4.69) is 20.8 Å². The van der Waals surface area contributed by atoms with Gasteiger partial charge in [-0.25, -0.2) is 14.7 Å². The maximum atomic E-state index is 11.7. The minimum absolute atomic E-state index is 0.107. The third kappa shape index (κ3) is 5.75. The molecule has 1 aliphatic carbocycles. The fourth-order valence-corrected chi connectivity index (χ4v) is 4.09. The van der Waals surface area contributed by atoms with E-state index in [0.29, 0.717) is 36.5 Å². The van der Waals surface area contributed by atoms with Crippen LogP contribution >= 0.6 is 0 Å². The van der Waals surface area contributed by atoms with Crippen molar-refractivity contribution in [3.63, 3.8) is 0 Å². The summed E-state index contributed by atoms with van der Waals surface area (Å²) in [5.74, 6) is 1.17. The van der Waals surface area contributed by atoms with E-state index in [1.54, 1.807) is 12.1 Å². The molecule has 2 amide bonds. The van der Waals surface area contributed by atoms with E-state index >= 15 is 0 Å². The molecule has 3 rings (SSSR count). The summed E-state index contributed by atoms with van der Waals surface area (Å²) < 4.78 is 5.54. The van der Waals surface area contributed by atoms with Crippen molar-refractivity contribution in [2.45, 2.75) is 52.6 Å². The van der Waals surface area contributed by atoms with E-state index in [1.807, 2.05) is 12.1 Å². The molecule has 0 bridgehead atoms. The van der Waals surface area contributed by atoms with E-state index in [1.165, 1.54) is 25.0 Å². The van der Waals surface area contributed by atoms with Gasteiger partial charge in [-0.3, -0.25) is 9.59 Å². The number of amides is 2. The molecule has 1 aromatic carbocycles. The molecule has 1 aliphatic heterocycles. The fraction of sp³-hybridized carbons (Fsp3) is 0.565. The molecule has 1 heterocycles. The normalized spacial score (nSPS) is 24.7. The molecule has 158 valence electrons. The van der Waals surface area contributed by atoms with Gasteiger partial charge >= 0.3 is 0 Å². The highest BCUT2D eigenvalue weighted by Crippen LogP contribution is 2.35. The zero-order valence-corrected chi connectivity index (χ0v) is 17.5. The number of carbonyl (C=O) groups excluding carboxylic acids is 2. The Labute approximate surface area is 172 Å². The Hall–Kier alpha value is -2.02. The van der Waals surface area contributed by atoms with Crippen molar-refractivity contribution < 1.29 is 24.1 Å². The first kappa shape index (κ1) is 21.7. The highest BCUT2D eigenvalue weighted by atomic mass is 17.2. The summed E-state index contributed by atoms with van der Waals surface area (Å²) in [6.07, 6.45) is 6.89. The lowest BCUT2D eigenvalue weighted by Crippen LogP contribution is -2.34. The van der Waals surface area contributed by atoms with Crippen molar-refractivity contribution in [2.75, 3.05) is 18.3 Å². The third-order valence-electron chi connectivity index (χ3n) is 5.82. The number of ether oxygens (including phenoxy) is 1. The first-order valence-electron chi connectivity index (χ1n) is 10.5. The van der Waals surface area contributed by atoms with Crippen LogP contribution in [0.3, 0.4) is 0 Å². The molecular weight excluding hydrogens is 370 g/mol. The topological polar surface area (TPSA) is 65.1 Å². The van der Waals surface area contributed by atoms with E-state index in [9.17, 15) is 9.59 Å². The third-order valence-corrected chi connectivity index (χ3v) is 5.82. The molecule has 3 atom stereocenters. The molecule has 1 fully saturated rings. The molecule has 3 unspecified atom stereocenters. The van der Waals surface area contributed by atoms with Crippen LogP contribution in [0.4, 0.5) is 5.69 Å². The van der Waals surface area contributed by atoms with Crippen molar-refractivity contribution in [1.29, 1.82) is 0 Å². The number of imide groups is 1. The maximum Gasteiger partial charge on any atom is 0.258 e. The predicted molar refractivity (Wildman–Crippen MR) is 110 cm³/mol. The van der Waals surface area contributed by atoms with Gasteiger partial charge in [-0.05, 0) is 54.7 Å². The molecule has 0 saturated heterocycles. The summed E-state index contributed by atoms with van der Waals surface area (Å²) in [5, 5.41) is 0. The molecule has 0 spiro atoms. The van der Waals surface area contributed by atoms with Gasteiger partial charge < -0.3 is 4.74 Å². The standard InChI is InChI=1S/C23H31NO5/c1-16(2)20-9-4-17(3)14-21(20)29-28-15-27-13-12-18-5-7-19(8-6-18)24-22(25)10-11-23(24)26/h5-8,10-11,16-17,20-21H,4,9,12-15H2,1-3H3. The molecule has 6 nitrogen and oxygen atoms in total. The van der Waals surface area contributed by atoms with Crippen LogP contribution in [0.2, 0.25) is 0 Å². The average molecular weight is 402 g/mol. The molecule has 1 aromatic rings. The summed E-state index contributed by atoms with van der Waals surface area (Å²) in [6, 6.07) is 7.33. The smallest absolute Gasteiger partial charge is 0.258 e. The van der Waals surface area contributed by atoms with Gasteiger partial charge in [0.05, 0.1) is 18.4 Å². The number of rotatable bonds is 9. The quantitative estimate of drug-likeness (QED) is 0.205. The zero-order chi connectivity index (χ0) is 20.8. The lowest BCUT2D eigenvalue weighted by Gasteiger charge is -2.35. The Kier molecular flexibility index (Phi) is 7.58. The van der Waals surface area contributed by atoms with Crippen LogP contribution in [0.15, 0.2) is 36.4 Å². The van der Waals surface area contributed by atoms with Gasteiger partial charge in [-0.2, -0.15) is 0 Å². The Morgan fingerprint density at radius 3 is 2.41 bits per heavy atom. The van der Waals surface area contributed by atoms with Gasteiger partial charge in [0.1, 0.15) is 0 Å². The number of anilines is 1. The van der Waals surface area contributed by atoms with Crippen LogP contribution in [0.25, 0.3) is 0 Å². The van der Waals surface area contributed by atoms with Gasteiger partial charge in [-0.1, -0.05) is 39.3 Å². The summed E-state index contributed by atoms with van der Waals surface area (Å²) in [6.45, 7) is 7.35. The molecule has 0 aromatic heterocycles. The minimum Gasteiger partial charge on any atom is -0.352 e. The average Bonchev–Trinajstić information content (AvgIpc) is 3.03. The molecule has 6 heteroatoms. The second-order valence-corrected chi connectivity index (χ2v) is 8.37. The second-order valence-electron chi connectivity index (χ2n) is 8.37. The first-order valence-corrected chi connectivity index (χ1v) is 10.5. The van der Waals surface area contributed by atoms with Crippen LogP contribution in [0.1, 0.15) is 45.6 Å². The highest BCUT2D eigenvalue weighted by Gasteiger charge is 2.32. The molecule has 29 heavy (non-hydrogen) atoms. The second kappa shape index (κ2) is 10.1. The SMILES string of the molecule is CC1CCC(C(C)C)C(OOCOCCc2ccc(N3C(=O)C=CC3=O)cc2)C1. The van der Waals surface area contributed by atoms with Crippen molar-refractivity contribution in [1.82, 2.24) is 0 Å². The van der Waals surface area contributed by atoms with Gasteiger partial charge in [0, 0.05) is 12.2 Å². The Morgan fingerprint density at radius 1 is 1.07 bits per heavy atom.